The van der Waals surface area contributed by atoms with Crippen LogP contribution in [0.1, 0.15) is 11.1 Å². The summed E-state index contributed by atoms with van der Waals surface area (Å²) in [7, 11) is 0. The Balaban J connectivity index is 1.18. The summed E-state index contributed by atoms with van der Waals surface area (Å²) in [6, 6.07) is 29.2. The van der Waals surface area contributed by atoms with Gasteiger partial charge in [-0.1, -0.05) is 54.6 Å². The minimum atomic E-state index is -0.203. The van der Waals surface area contributed by atoms with Gasteiger partial charge in [-0.3, -0.25) is 9.78 Å². The molecule has 1 N–H and O–H groups in total. The molecule has 176 valence electrons. The number of amides is 1. The van der Waals surface area contributed by atoms with Crippen molar-refractivity contribution >= 4 is 29.0 Å². The minimum absolute atomic E-state index is 0.203. The minimum Gasteiger partial charge on any atom is -0.489 e. The summed E-state index contributed by atoms with van der Waals surface area (Å²) in [6.45, 7) is 0.517. The van der Waals surface area contributed by atoms with Crippen LogP contribution in [0.2, 0.25) is 0 Å². The lowest BCUT2D eigenvalue weighted by Gasteiger charge is -2.06. The van der Waals surface area contributed by atoms with E-state index in [4.69, 9.17) is 9.72 Å². The lowest BCUT2D eigenvalue weighted by molar-refractivity contribution is -0.111. The molecule has 5 nitrogen and oxygen atoms in total. The molecule has 0 aliphatic heterocycles. The van der Waals surface area contributed by atoms with Crippen LogP contribution >= 0.6 is 11.3 Å². The van der Waals surface area contributed by atoms with Gasteiger partial charge in [0.15, 0.2) is 0 Å². The summed E-state index contributed by atoms with van der Waals surface area (Å²) in [5.41, 5.74) is 5.53. The van der Waals surface area contributed by atoms with E-state index >= 15 is 0 Å². The first-order valence-electron chi connectivity index (χ1n) is 11.5. The molecule has 0 bridgehead atoms. The fourth-order valence-electron chi connectivity index (χ4n) is 3.56. The van der Waals surface area contributed by atoms with Crippen molar-refractivity contribution in [1.29, 1.82) is 0 Å². The number of thiazole rings is 1. The number of aromatic nitrogens is 2. The third kappa shape index (κ3) is 6.11. The Morgan fingerprint density at radius 2 is 1.75 bits per heavy atom. The molecule has 5 aromatic rings. The van der Waals surface area contributed by atoms with Gasteiger partial charge in [-0.2, -0.15) is 0 Å². The van der Waals surface area contributed by atoms with Crippen LogP contribution in [-0.4, -0.2) is 15.9 Å². The van der Waals surface area contributed by atoms with Gasteiger partial charge in [0.1, 0.15) is 17.4 Å². The fourth-order valence-corrected chi connectivity index (χ4v) is 4.38. The zero-order valence-corrected chi connectivity index (χ0v) is 20.2. The maximum atomic E-state index is 12.5. The molecule has 0 aliphatic carbocycles. The zero-order valence-electron chi connectivity index (χ0n) is 19.4. The molecule has 5 rings (SSSR count). The molecular formula is C30H23N3O2S. The van der Waals surface area contributed by atoms with Crippen molar-refractivity contribution in [3.05, 3.63) is 126 Å². The van der Waals surface area contributed by atoms with Gasteiger partial charge in [-0.25, -0.2) is 4.98 Å². The molecule has 3 aromatic carbocycles. The normalized spacial score (nSPS) is 10.9. The van der Waals surface area contributed by atoms with Crippen LogP contribution < -0.4 is 10.1 Å². The summed E-state index contributed by atoms with van der Waals surface area (Å²) < 4.78 is 5.82. The van der Waals surface area contributed by atoms with E-state index in [1.165, 1.54) is 6.08 Å². The molecule has 6 heteroatoms. The van der Waals surface area contributed by atoms with Crippen LogP contribution in [-0.2, 0) is 11.4 Å². The van der Waals surface area contributed by atoms with Crippen molar-refractivity contribution in [2.24, 2.45) is 0 Å². The number of pyridine rings is 1. The number of benzene rings is 3. The van der Waals surface area contributed by atoms with Gasteiger partial charge in [-0.15, -0.1) is 11.3 Å². The fraction of sp³-hybridized carbons (Fsp3) is 0.0333. The van der Waals surface area contributed by atoms with Crippen LogP contribution in [0.3, 0.4) is 0 Å². The maximum Gasteiger partial charge on any atom is 0.248 e. The summed E-state index contributed by atoms with van der Waals surface area (Å²) in [6.07, 6.45) is 6.85. The predicted molar refractivity (Wildman–Crippen MR) is 146 cm³/mol. The number of ether oxygens (including phenoxy) is 1. The zero-order chi connectivity index (χ0) is 24.6. The molecule has 0 saturated heterocycles. The lowest BCUT2D eigenvalue weighted by Crippen LogP contribution is -2.07. The molecule has 1 amide bonds. The molecule has 0 atom stereocenters. The van der Waals surface area contributed by atoms with Crippen LogP contribution in [0.15, 0.2) is 115 Å². The molecule has 0 aliphatic rings. The molecule has 2 aromatic heterocycles. The number of hydrogen-bond donors (Lipinski definition) is 1. The first-order chi connectivity index (χ1) is 17.7. The van der Waals surface area contributed by atoms with E-state index in [1.807, 2.05) is 96.4 Å². The summed E-state index contributed by atoms with van der Waals surface area (Å²) in [5, 5.41) is 5.85. The SMILES string of the molecule is O=C(/C=C/c1ccc(OCc2ccccc2)cc1)Nc1cccc(-c2csc(-c3cccnc3)n2)c1. The Bertz CT molecular complexity index is 1460. The van der Waals surface area contributed by atoms with E-state index in [0.29, 0.717) is 12.3 Å². The van der Waals surface area contributed by atoms with Crippen molar-refractivity contribution < 1.29 is 9.53 Å². The Morgan fingerprint density at radius 3 is 2.56 bits per heavy atom. The van der Waals surface area contributed by atoms with Gasteiger partial charge in [0.05, 0.1) is 5.69 Å². The van der Waals surface area contributed by atoms with E-state index in [1.54, 1.807) is 29.8 Å². The Hall–Kier alpha value is -4.55. The van der Waals surface area contributed by atoms with E-state index in [2.05, 4.69) is 10.3 Å². The van der Waals surface area contributed by atoms with Gasteiger partial charge in [0, 0.05) is 40.7 Å². The smallest absolute Gasteiger partial charge is 0.248 e. The highest BCUT2D eigenvalue weighted by molar-refractivity contribution is 7.13. The van der Waals surface area contributed by atoms with Gasteiger partial charge in [0.2, 0.25) is 5.91 Å². The number of nitrogens with one attached hydrogen (secondary N) is 1. The second-order valence-corrected chi connectivity index (χ2v) is 8.88. The van der Waals surface area contributed by atoms with Crippen molar-refractivity contribution in [2.45, 2.75) is 6.61 Å². The van der Waals surface area contributed by atoms with E-state index in [0.717, 1.165) is 38.7 Å². The average molecular weight is 490 g/mol. The van der Waals surface area contributed by atoms with Gasteiger partial charge < -0.3 is 10.1 Å². The lowest BCUT2D eigenvalue weighted by atomic mass is 10.1. The predicted octanol–water partition coefficient (Wildman–Crippen LogP) is 7.10. The monoisotopic (exact) mass is 489 g/mol. The van der Waals surface area contributed by atoms with E-state index in [-0.39, 0.29) is 5.91 Å². The second kappa shape index (κ2) is 11.3. The van der Waals surface area contributed by atoms with Crippen LogP contribution in [0.25, 0.3) is 27.9 Å². The Labute approximate surface area is 213 Å². The van der Waals surface area contributed by atoms with Crippen molar-refractivity contribution in [2.75, 3.05) is 5.32 Å². The number of anilines is 1. The van der Waals surface area contributed by atoms with Crippen LogP contribution in [0.4, 0.5) is 5.69 Å². The average Bonchev–Trinajstić information content (AvgIpc) is 3.43. The third-order valence-corrected chi connectivity index (χ3v) is 6.29. The van der Waals surface area contributed by atoms with E-state index in [9.17, 15) is 4.79 Å². The highest BCUT2D eigenvalue weighted by Gasteiger charge is 2.08. The molecule has 2 heterocycles. The molecule has 0 fully saturated rings. The second-order valence-electron chi connectivity index (χ2n) is 8.03. The summed E-state index contributed by atoms with van der Waals surface area (Å²) >= 11 is 1.57. The van der Waals surface area contributed by atoms with E-state index < -0.39 is 0 Å². The topological polar surface area (TPSA) is 64.1 Å². The number of rotatable bonds is 8. The maximum absolute atomic E-state index is 12.5. The molecular weight excluding hydrogens is 466 g/mol. The van der Waals surface area contributed by atoms with Crippen molar-refractivity contribution in [1.82, 2.24) is 9.97 Å². The quantitative estimate of drug-likeness (QED) is 0.236. The Morgan fingerprint density at radius 1 is 0.917 bits per heavy atom. The first kappa shape index (κ1) is 23.2. The number of hydrogen-bond acceptors (Lipinski definition) is 5. The molecule has 0 radical (unpaired) electrons. The highest BCUT2D eigenvalue weighted by atomic mass is 32.1. The Kier molecular flexibility index (Phi) is 7.25. The highest BCUT2D eigenvalue weighted by Crippen LogP contribution is 2.29. The third-order valence-electron chi connectivity index (χ3n) is 5.39. The summed E-state index contributed by atoms with van der Waals surface area (Å²) in [5.74, 6) is 0.580. The summed E-state index contributed by atoms with van der Waals surface area (Å²) in [4.78, 5) is 21.4. The van der Waals surface area contributed by atoms with Crippen LogP contribution in [0, 0.1) is 0 Å². The number of carbonyl (C=O) groups is 1. The molecule has 0 unspecified atom stereocenters. The largest absolute Gasteiger partial charge is 0.489 e. The van der Waals surface area contributed by atoms with Crippen molar-refractivity contribution in [3.63, 3.8) is 0 Å². The molecule has 0 saturated carbocycles. The number of nitrogens with zero attached hydrogens (tertiary/aromatic N) is 2. The number of carbonyl (C=O) groups excluding carboxylic acids is 1. The van der Waals surface area contributed by atoms with Gasteiger partial charge in [0.25, 0.3) is 0 Å². The van der Waals surface area contributed by atoms with Crippen molar-refractivity contribution in [3.8, 4) is 27.6 Å². The van der Waals surface area contributed by atoms with Crippen LogP contribution in [0.5, 0.6) is 5.75 Å². The first-order valence-corrected chi connectivity index (χ1v) is 12.3. The standard InChI is InChI=1S/C30H23N3O2S/c34-29(16-13-22-11-14-27(15-12-22)35-20-23-6-2-1-3-7-23)32-26-10-4-8-24(18-26)28-21-36-30(33-28)25-9-5-17-31-19-25/h1-19,21H,20H2,(H,32,34)/b16-13+. The van der Waals surface area contributed by atoms with Gasteiger partial charge >= 0.3 is 0 Å². The van der Waals surface area contributed by atoms with Gasteiger partial charge in [-0.05, 0) is 53.6 Å². The molecule has 36 heavy (non-hydrogen) atoms. The molecule has 0 spiro atoms.